The number of amides is 1. The second-order valence-electron chi connectivity index (χ2n) is 5.70. The van der Waals surface area contributed by atoms with E-state index in [-0.39, 0.29) is 5.56 Å². The maximum absolute atomic E-state index is 12.2. The van der Waals surface area contributed by atoms with Gasteiger partial charge in [0, 0.05) is 6.04 Å². The van der Waals surface area contributed by atoms with Gasteiger partial charge in [-0.3, -0.25) is 4.79 Å². The Kier molecular flexibility index (Phi) is 6.16. The lowest BCUT2D eigenvalue weighted by Gasteiger charge is -2.29. The molecule has 138 valence electrons. The molecule has 0 spiro atoms. The number of ether oxygens (including phenoxy) is 2. The molecule has 1 aromatic rings. The first-order chi connectivity index (χ1) is 11.7. The number of carbonyl (C=O) groups is 2. The van der Waals surface area contributed by atoms with Crippen molar-refractivity contribution in [2.75, 3.05) is 7.11 Å². The molecule has 2 rings (SSSR count). The van der Waals surface area contributed by atoms with E-state index in [2.05, 4.69) is 0 Å². The molecular formula is C16H17ClF3NO4. The standard InChI is InChI=1S/C16H17ClF3NO4/c1-24-13-8-9(2-7-12(13)17)14(22)25-11-5-3-10(4-6-11)21-15(23)16(18,19)20/h2,7-8,10-11H,3-6H2,1H3,(H,21,23). The van der Waals surface area contributed by atoms with Crippen molar-refractivity contribution in [2.24, 2.45) is 0 Å². The van der Waals surface area contributed by atoms with E-state index in [0.717, 1.165) is 0 Å². The van der Waals surface area contributed by atoms with Gasteiger partial charge in [-0.1, -0.05) is 11.6 Å². The lowest BCUT2D eigenvalue weighted by molar-refractivity contribution is -0.174. The number of alkyl halides is 3. The van der Waals surface area contributed by atoms with Gasteiger partial charge in [-0.2, -0.15) is 13.2 Å². The Hall–Kier alpha value is -1.96. The van der Waals surface area contributed by atoms with Crippen LogP contribution in [0.1, 0.15) is 36.0 Å². The highest BCUT2D eigenvalue weighted by Gasteiger charge is 2.40. The van der Waals surface area contributed by atoms with Crippen LogP contribution in [0, 0.1) is 0 Å². The summed E-state index contributed by atoms with van der Waals surface area (Å²) in [7, 11) is 1.42. The zero-order chi connectivity index (χ0) is 18.6. The van der Waals surface area contributed by atoms with Crippen molar-refractivity contribution >= 4 is 23.5 Å². The summed E-state index contributed by atoms with van der Waals surface area (Å²) in [5, 5.41) is 2.31. The minimum atomic E-state index is -4.89. The highest BCUT2D eigenvalue weighted by molar-refractivity contribution is 6.32. The molecule has 1 saturated carbocycles. The molecule has 1 amide bonds. The molecule has 5 nitrogen and oxygen atoms in total. The van der Waals surface area contributed by atoms with Crippen LogP contribution in [0.3, 0.4) is 0 Å². The Morgan fingerprint density at radius 1 is 1.20 bits per heavy atom. The summed E-state index contributed by atoms with van der Waals surface area (Å²) in [6, 6.07) is 3.91. The number of esters is 1. The zero-order valence-corrected chi connectivity index (χ0v) is 14.1. The van der Waals surface area contributed by atoms with Gasteiger partial charge in [0.2, 0.25) is 0 Å². The van der Waals surface area contributed by atoms with E-state index in [1.54, 1.807) is 0 Å². The van der Waals surface area contributed by atoms with Crippen molar-refractivity contribution in [3.63, 3.8) is 0 Å². The fraction of sp³-hybridized carbons (Fsp3) is 0.500. The van der Waals surface area contributed by atoms with E-state index < -0.39 is 30.2 Å². The third-order valence-corrected chi connectivity index (χ3v) is 4.24. The van der Waals surface area contributed by atoms with Crippen LogP contribution in [0.2, 0.25) is 5.02 Å². The van der Waals surface area contributed by atoms with Gasteiger partial charge in [0.1, 0.15) is 11.9 Å². The van der Waals surface area contributed by atoms with Crippen LogP contribution < -0.4 is 10.1 Å². The van der Waals surface area contributed by atoms with Gasteiger partial charge in [-0.15, -0.1) is 0 Å². The zero-order valence-electron chi connectivity index (χ0n) is 13.4. The van der Waals surface area contributed by atoms with Crippen LogP contribution >= 0.6 is 11.6 Å². The van der Waals surface area contributed by atoms with E-state index in [1.165, 1.54) is 25.3 Å². The fourth-order valence-corrected chi connectivity index (χ4v) is 2.79. The topological polar surface area (TPSA) is 64.6 Å². The molecule has 9 heteroatoms. The first-order valence-corrected chi connectivity index (χ1v) is 8.00. The number of hydrogen-bond acceptors (Lipinski definition) is 4. The van der Waals surface area contributed by atoms with E-state index in [4.69, 9.17) is 21.1 Å². The third-order valence-electron chi connectivity index (χ3n) is 3.93. The average Bonchev–Trinajstić information content (AvgIpc) is 2.56. The number of benzene rings is 1. The summed E-state index contributed by atoms with van der Waals surface area (Å²) in [4.78, 5) is 23.1. The lowest BCUT2D eigenvalue weighted by atomic mass is 9.93. The smallest absolute Gasteiger partial charge is 0.471 e. The minimum Gasteiger partial charge on any atom is -0.495 e. The Labute approximate surface area is 147 Å². The molecule has 0 saturated heterocycles. The van der Waals surface area contributed by atoms with Gasteiger partial charge >= 0.3 is 18.1 Å². The molecule has 0 unspecified atom stereocenters. The third kappa shape index (κ3) is 5.26. The highest BCUT2D eigenvalue weighted by Crippen LogP contribution is 2.27. The molecule has 0 atom stereocenters. The molecule has 1 aliphatic carbocycles. The Morgan fingerprint density at radius 3 is 2.40 bits per heavy atom. The lowest BCUT2D eigenvalue weighted by Crippen LogP contribution is -2.45. The largest absolute Gasteiger partial charge is 0.495 e. The van der Waals surface area contributed by atoms with Gasteiger partial charge in [0.15, 0.2) is 0 Å². The number of hydrogen-bond donors (Lipinski definition) is 1. The SMILES string of the molecule is COc1cc(C(=O)OC2CCC(NC(=O)C(F)(F)F)CC2)ccc1Cl. The molecule has 1 fully saturated rings. The van der Waals surface area contributed by atoms with Crippen LogP contribution in [-0.2, 0) is 9.53 Å². The summed E-state index contributed by atoms with van der Waals surface area (Å²) in [5.41, 5.74) is 0.272. The number of methoxy groups -OCH3 is 1. The quantitative estimate of drug-likeness (QED) is 0.813. The second-order valence-corrected chi connectivity index (χ2v) is 6.11. The molecule has 1 N–H and O–H groups in total. The van der Waals surface area contributed by atoms with Crippen LogP contribution in [0.4, 0.5) is 13.2 Å². The number of halogens is 4. The van der Waals surface area contributed by atoms with Crippen molar-refractivity contribution < 1.29 is 32.2 Å². The average molecular weight is 380 g/mol. The molecule has 0 bridgehead atoms. The number of carbonyl (C=O) groups excluding carboxylic acids is 2. The van der Waals surface area contributed by atoms with Crippen molar-refractivity contribution in [1.29, 1.82) is 0 Å². The van der Waals surface area contributed by atoms with Crippen molar-refractivity contribution in [2.45, 2.75) is 44.0 Å². The summed E-state index contributed by atoms with van der Waals surface area (Å²) < 4.78 is 47.1. The van der Waals surface area contributed by atoms with Crippen molar-refractivity contribution in [3.05, 3.63) is 28.8 Å². The first kappa shape index (κ1) is 19.4. The predicted octanol–water partition coefficient (Wildman–Crippen LogP) is 3.50. The van der Waals surface area contributed by atoms with E-state index in [0.29, 0.717) is 36.5 Å². The van der Waals surface area contributed by atoms with Crippen LogP contribution in [-0.4, -0.2) is 37.3 Å². The second kappa shape index (κ2) is 7.95. The molecular weight excluding hydrogens is 363 g/mol. The molecule has 0 heterocycles. The van der Waals surface area contributed by atoms with Crippen LogP contribution in [0.25, 0.3) is 0 Å². The molecule has 0 aromatic heterocycles. The monoisotopic (exact) mass is 379 g/mol. The van der Waals surface area contributed by atoms with Crippen LogP contribution in [0.5, 0.6) is 5.75 Å². The molecule has 1 aromatic carbocycles. The first-order valence-electron chi connectivity index (χ1n) is 7.63. The maximum Gasteiger partial charge on any atom is 0.471 e. The highest BCUT2D eigenvalue weighted by atomic mass is 35.5. The number of nitrogens with one attached hydrogen (secondary N) is 1. The summed E-state index contributed by atoms with van der Waals surface area (Å²) in [6.07, 6.45) is -3.93. The normalized spacial score (nSPS) is 20.7. The Bertz CT molecular complexity index is 643. The van der Waals surface area contributed by atoms with Gasteiger partial charge in [-0.05, 0) is 43.9 Å². The van der Waals surface area contributed by atoms with E-state index in [1.807, 2.05) is 5.32 Å². The van der Waals surface area contributed by atoms with E-state index in [9.17, 15) is 22.8 Å². The summed E-state index contributed by atoms with van der Waals surface area (Å²) >= 11 is 5.89. The van der Waals surface area contributed by atoms with E-state index >= 15 is 0 Å². The summed E-state index contributed by atoms with van der Waals surface area (Å²) in [5.74, 6) is -2.16. The number of rotatable bonds is 4. The van der Waals surface area contributed by atoms with Crippen LogP contribution in [0.15, 0.2) is 18.2 Å². The molecule has 0 aliphatic heterocycles. The van der Waals surface area contributed by atoms with Gasteiger partial charge in [-0.25, -0.2) is 4.79 Å². The predicted molar refractivity (Wildman–Crippen MR) is 83.7 cm³/mol. The van der Waals surface area contributed by atoms with Gasteiger partial charge < -0.3 is 14.8 Å². The molecule has 0 radical (unpaired) electrons. The Morgan fingerprint density at radius 2 is 1.84 bits per heavy atom. The van der Waals surface area contributed by atoms with Crippen molar-refractivity contribution in [3.8, 4) is 5.75 Å². The molecule has 25 heavy (non-hydrogen) atoms. The minimum absolute atomic E-state index is 0.272. The fourth-order valence-electron chi connectivity index (χ4n) is 2.60. The molecule has 1 aliphatic rings. The van der Waals surface area contributed by atoms with Gasteiger partial charge in [0.05, 0.1) is 17.7 Å². The van der Waals surface area contributed by atoms with Crippen molar-refractivity contribution in [1.82, 2.24) is 5.32 Å². The Balaban J connectivity index is 1.85. The van der Waals surface area contributed by atoms with Gasteiger partial charge in [0.25, 0.3) is 0 Å². The maximum atomic E-state index is 12.2. The summed E-state index contributed by atoms with van der Waals surface area (Å²) in [6.45, 7) is 0.